The van der Waals surface area contributed by atoms with E-state index in [1.54, 1.807) is 18.2 Å². The van der Waals surface area contributed by atoms with Crippen molar-refractivity contribution in [1.82, 2.24) is 0 Å². The lowest BCUT2D eigenvalue weighted by Crippen LogP contribution is -2.33. The highest BCUT2D eigenvalue weighted by Crippen LogP contribution is 2.27. The molecule has 0 aliphatic rings. The normalized spacial score (nSPS) is 12.9. The zero-order chi connectivity index (χ0) is 11.4. The van der Waals surface area contributed by atoms with Crippen molar-refractivity contribution < 1.29 is 4.74 Å². The number of hydrogen-bond donors (Lipinski definition) is 1. The molecule has 0 radical (unpaired) electrons. The van der Waals surface area contributed by atoms with Crippen LogP contribution >= 0.6 is 23.2 Å². The first-order valence-electron chi connectivity index (χ1n) is 4.84. The van der Waals surface area contributed by atoms with Gasteiger partial charge in [0.2, 0.25) is 0 Å². The Morgan fingerprint density at radius 3 is 2.53 bits per heavy atom. The van der Waals surface area contributed by atoms with Crippen LogP contribution in [0.2, 0.25) is 10.0 Å². The average molecular weight is 248 g/mol. The van der Waals surface area contributed by atoms with Crippen LogP contribution in [0, 0.1) is 5.92 Å². The summed E-state index contributed by atoms with van der Waals surface area (Å²) in [5, 5.41) is 1.11. The van der Waals surface area contributed by atoms with Crippen LogP contribution in [0.5, 0.6) is 5.75 Å². The second kappa shape index (κ2) is 5.59. The van der Waals surface area contributed by atoms with Gasteiger partial charge in [0, 0.05) is 11.1 Å². The van der Waals surface area contributed by atoms with Gasteiger partial charge in [0.15, 0.2) is 0 Å². The van der Waals surface area contributed by atoms with Gasteiger partial charge in [0.1, 0.15) is 12.4 Å². The predicted molar refractivity (Wildman–Crippen MR) is 64.8 cm³/mol. The number of rotatable bonds is 4. The molecule has 0 unspecified atom stereocenters. The Kier molecular flexibility index (Phi) is 4.71. The molecule has 0 heterocycles. The average Bonchev–Trinajstić information content (AvgIpc) is 2.15. The molecule has 0 spiro atoms. The minimum atomic E-state index is 0.0109. The van der Waals surface area contributed by atoms with Crippen molar-refractivity contribution in [2.24, 2.45) is 11.7 Å². The lowest BCUT2D eigenvalue weighted by molar-refractivity contribution is 0.260. The molecular formula is C11H15Cl2NO. The molecule has 4 heteroatoms. The largest absolute Gasteiger partial charge is 0.490 e. The fraction of sp³-hybridized carbons (Fsp3) is 0.455. The Bertz CT molecular complexity index is 328. The van der Waals surface area contributed by atoms with Crippen LogP contribution in [0.1, 0.15) is 13.8 Å². The topological polar surface area (TPSA) is 35.2 Å². The molecule has 0 amide bonds. The predicted octanol–water partition coefficient (Wildman–Crippen LogP) is 3.36. The number of ether oxygens (including phenoxy) is 1. The Balaban J connectivity index is 2.58. The zero-order valence-corrected chi connectivity index (χ0v) is 10.3. The summed E-state index contributed by atoms with van der Waals surface area (Å²) in [4.78, 5) is 0. The van der Waals surface area contributed by atoms with E-state index < -0.39 is 0 Å². The van der Waals surface area contributed by atoms with Gasteiger partial charge in [0.25, 0.3) is 0 Å². The van der Waals surface area contributed by atoms with Gasteiger partial charge in [-0.05, 0) is 24.1 Å². The van der Waals surface area contributed by atoms with Crippen LogP contribution in [0.15, 0.2) is 18.2 Å². The van der Waals surface area contributed by atoms with Crippen molar-refractivity contribution >= 4 is 23.2 Å². The summed E-state index contributed by atoms with van der Waals surface area (Å²) in [6.45, 7) is 4.56. The van der Waals surface area contributed by atoms with Gasteiger partial charge in [-0.15, -0.1) is 0 Å². The monoisotopic (exact) mass is 247 g/mol. The number of nitrogens with two attached hydrogens (primary N) is 1. The molecule has 0 aliphatic carbocycles. The van der Waals surface area contributed by atoms with Crippen LogP contribution in [0.4, 0.5) is 0 Å². The van der Waals surface area contributed by atoms with Crippen LogP contribution in [0.3, 0.4) is 0 Å². The lowest BCUT2D eigenvalue weighted by Gasteiger charge is -2.16. The first-order valence-corrected chi connectivity index (χ1v) is 5.59. The van der Waals surface area contributed by atoms with Crippen molar-refractivity contribution in [3.05, 3.63) is 28.2 Å². The maximum Gasteiger partial charge on any atom is 0.138 e. The summed E-state index contributed by atoms with van der Waals surface area (Å²) in [6, 6.07) is 5.15. The number of halogens is 2. The third kappa shape index (κ3) is 3.90. The smallest absolute Gasteiger partial charge is 0.138 e. The van der Waals surface area contributed by atoms with E-state index in [9.17, 15) is 0 Å². The minimum Gasteiger partial charge on any atom is -0.490 e. The molecule has 0 bridgehead atoms. The van der Waals surface area contributed by atoms with Crippen LogP contribution in [-0.2, 0) is 0 Å². The van der Waals surface area contributed by atoms with E-state index in [4.69, 9.17) is 33.7 Å². The molecule has 0 fully saturated rings. The maximum absolute atomic E-state index is 5.94. The van der Waals surface area contributed by atoms with E-state index >= 15 is 0 Å². The standard InChI is InChI=1S/C11H15Cl2NO/c1-7(2)10(14)6-15-11-4-3-8(12)5-9(11)13/h3-5,7,10H,6,14H2,1-2H3/t10-/m0/s1. The molecule has 1 atom stereocenters. The van der Waals surface area contributed by atoms with Gasteiger partial charge >= 0.3 is 0 Å². The molecule has 0 aliphatic heterocycles. The van der Waals surface area contributed by atoms with Gasteiger partial charge < -0.3 is 10.5 Å². The van der Waals surface area contributed by atoms with E-state index in [2.05, 4.69) is 13.8 Å². The molecule has 84 valence electrons. The first-order chi connectivity index (χ1) is 7.00. The Morgan fingerprint density at radius 2 is 2.00 bits per heavy atom. The van der Waals surface area contributed by atoms with E-state index in [0.29, 0.717) is 28.3 Å². The van der Waals surface area contributed by atoms with Gasteiger partial charge in [-0.1, -0.05) is 37.0 Å². The molecule has 1 rings (SSSR count). The van der Waals surface area contributed by atoms with E-state index in [1.165, 1.54) is 0 Å². The fourth-order valence-electron chi connectivity index (χ4n) is 0.971. The second-order valence-corrected chi connectivity index (χ2v) is 4.64. The Labute approximate surface area is 100 Å². The molecule has 1 aromatic carbocycles. The van der Waals surface area contributed by atoms with Crippen LogP contribution in [-0.4, -0.2) is 12.6 Å². The Hall–Kier alpha value is -0.440. The summed E-state index contributed by atoms with van der Waals surface area (Å²) in [5.74, 6) is 1.01. The number of benzene rings is 1. The summed E-state index contributed by atoms with van der Waals surface area (Å²) in [7, 11) is 0. The molecule has 0 saturated heterocycles. The van der Waals surface area contributed by atoms with Crippen molar-refractivity contribution in [3.8, 4) is 5.75 Å². The SMILES string of the molecule is CC(C)[C@@H](N)COc1ccc(Cl)cc1Cl. The van der Waals surface area contributed by atoms with Gasteiger partial charge in [-0.2, -0.15) is 0 Å². The lowest BCUT2D eigenvalue weighted by atomic mass is 10.1. The summed E-state index contributed by atoms with van der Waals surface area (Å²) >= 11 is 11.7. The molecule has 1 aromatic rings. The third-order valence-corrected chi connectivity index (χ3v) is 2.71. The van der Waals surface area contributed by atoms with Crippen LogP contribution < -0.4 is 10.5 Å². The molecule has 15 heavy (non-hydrogen) atoms. The van der Waals surface area contributed by atoms with Crippen molar-refractivity contribution in [3.63, 3.8) is 0 Å². The highest BCUT2D eigenvalue weighted by Gasteiger charge is 2.09. The third-order valence-electron chi connectivity index (χ3n) is 2.18. The summed E-state index contributed by atoms with van der Waals surface area (Å²) in [5.41, 5.74) is 5.85. The highest BCUT2D eigenvalue weighted by molar-refractivity contribution is 6.35. The molecule has 0 aromatic heterocycles. The molecule has 0 saturated carbocycles. The van der Waals surface area contributed by atoms with Gasteiger partial charge in [-0.25, -0.2) is 0 Å². The minimum absolute atomic E-state index is 0.0109. The van der Waals surface area contributed by atoms with Crippen molar-refractivity contribution in [1.29, 1.82) is 0 Å². The highest BCUT2D eigenvalue weighted by atomic mass is 35.5. The quantitative estimate of drug-likeness (QED) is 0.886. The zero-order valence-electron chi connectivity index (χ0n) is 8.84. The van der Waals surface area contributed by atoms with E-state index in [-0.39, 0.29) is 6.04 Å². The Morgan fingerprint density at radius 1 is 1.33 bits per heavy atom. The summed E-state index contributed by atoms with van der Waals surface area (Å²) in [6.07, 6.45) is 0. The van der Waals surface area contributed by atoms with Crippen molar-refractivity contribution in [2.75, 3.05) is 6.61 Å². The van der Waals surface area contributed by atoms with E-state index in [0.717, 1.165) is 0 Å². The number of hydrogen-bond acceptors (Lipinski definition) is 2. The molecular weight excluding hydrogens is 233 g/mol. The second-order valence-electron chi connectivity index (χ2n) is 3.79. The van der Waals surface area contributed by atoms with Gasteiger partial charge in [-0.3, -0.25) is 0 Å². The maximum atomic E-state index is 5.94. The first kappa shape index (κ1) is 12.6. The molecule has 2 N–H and O–H groups in total. The summed E-state index contributed by atoms with van der Waals surface area (Å²) < 4.78 is 5.50. The van der Waals surface area contributed by atoms with Gasteiger partial charge in [0.05, 0.1) is 5.02 Å². The van der Waals surface area contributed by atoms with Crippen LogP contribution in [0.25, 0.3) is 0 Å². The van der Waals surface area contributed by atoms with E-state index in [1.807, 2.05) is 0 Å². The molecule has 2 nitrogen and oxygen atoms in total. The fourth-order valence-corrected chi connectivity index (χ4v) is 1.43. The van der Waals surface area contributed by atoms with Crippen molar-refractivity contribution in [2.45, 2.75) is 19.9 Å².